The molecule has 1 aromatic carbocycles. The van der Waals surface area contributed by atoms with Crippen LogP contribution in [0.5, 0.6) is 11.5 Å². The highest BCUT2D eigenvalue weighted by molar-refractivity contribution is 7.21. The standard InChI is InChI=1S/C29H31FN2O5S/c1-29(2,3)28(35)36-20-9-11-32(16-20)27(34)25-15-22-26(38-25)24(8-10-31-22)37-23-7-6-18(14-21(23)30)13-19(33)12-17-4-5-17/h6-8,10,14-15,17,20H,4-5,9,11-13,16H2,1-3H3/t20-/m0/s1. The van der Waals surface area contributed by atoms with Gasteiger partial charge < -0.3 is 14.4 Å². The Hall–Kier alpha value is -3.33. The zero-order valence-corrected chi connectivity index (χ0v) is 22.6. The smallest absolute Gasteiger partial charge is 0.311 e. The number of nitrogens with zero attached hydrogens (tertiary/aromatic N) is 2. The Bertz CT molecular complexity index is 1390. The molecular weight excluding hydrogens is 507 g/mol. The molecule has 0 unspecified atom stereocenters. The maximum atomic E-state index is 14.9. The van der Waals surface area contributed by atoms with Crippen molar-refractivity contribution < 1.29 is 28.2 Å². The Kier molecular flexibility index (Phi) is 7.22. The first-order chi connectivity index (χ1) is 18.1. The minimum Gasteiger partial charge on any atom is -0.460 e. The van der Waals surface area contributed by atoms with E-state index in [0.717, 1.165) is 12.8 Å². The van der Waals surface area contributed by atoms with E-state index < -0.39 is 11.2 Å². The highest BCUT2D eigenvalue weighted by Gasteiger charge is 2.33. The fourth-order valence-electron chi connectivity index (χ4n) is 4.39. The van der Waals surface area contributed by atoms with Crippen molar-refractivity contribution in [3.63, 3.8) is 0 Å². The monoisotopic (exact) mass is 538 g/mol. The summed E-state index contributed by atoms with van der Waals surface area (Å²) < 4.78 is 27.0. The number of hydrogen-bond acceptors (Lipinski definition) is 7. The number of carbonyl (C=O) groups excluding carboxylic acids is 3. The van der Waals surface area contributed by atoms with Gasteiger partial charge in [0.05, 0.1) is 27.1 Å². The largest absolute Gasteiger partial charge is 0.460 e. The van der Waals surface area contributed by atoms with Gasteiger partial charge in [-0.2, -0.15) is 0 Å². The van der Waals surface area contributed by atoms with Crippen molar-refractivity contribution in [3.05, 3.63) is 52.8 Å². The van der Waals surface area contributed by atoms with Crippen molar-refractivity contribution in [3.8, 4) is 11.5 Å². The van der Waals surface area contributed by atoms with E-state index in [0.29, 0.717) is 58.3 Å². The van der Waals surface area contributed by atoms with Crippen LogP contribution < -0.4 is 4.74 Å². The van der Waals surface area contributed by atoms with E-state index in [9.17, 15) is 18.8 Å². The number of hydrogen-bond donors (Lipinski definition) is 0. The average molecular weight is 539 g/mol. The zero-order chi connectivity index (χ0) is 27.0. The molecule has 2 aromatic heterocycles. The molecule has 2 aliphatic rings. The lowest BCUT2D eigenvalue weighted by Gasteiger charge is -2.21. The van der Waals surface area contributed by atoms with Crippen LogP contribution >= 0.6 is 11.3 Å². The Morgan fingerprint density at radius 2 is 1.89 bits per heavy atom. The van der Waals surface area contributed by atoms with Crippen LogP contribution in [0.3, 0.4) is 0 Å². The molecule has 1 aliphatic carbocycles. The number of amides is 1. The second kappa shape index (κ2) is 10.4. The third kappa shape index (κ3) is 6.04. The van der Waals surface area contributed by atoms with Crippen LogP contribution in [0.2, 0.25) is 0 Å². The number of ketones is 1. The normalized spacial score (nSPS) is 17.6. The molecule has 38 heavy (non-hydrogen) atoms. The van der Waals surface area contributed by atoms with E-state index >= 15 is 0 Å². The van der Waals surface area contributed by atoms with Gasteiger partial charge in [0.1, 0.15) is 17.6 Å². The van der Waals surface area contributed by atoms with Crippen molar-refractivity contribution in [2.24, 2.45) is 11.3 Å². The Labute approximate surface area is 224 Å². The number of fused-ring (bicyclic) bond motifs is 1. The lowest BCUT2D eigenvalue weighted by Crippen LogP contribution is -2.32. The summed E-state index contributed by atoms with van der Waals surface area (Å²) in [6.07, 6.45) is 4.81. The number of pyridine rings is 1. The molecule has 0 bridgehead atoms. The highest BCUT2D eigenvalue weighted by atomic mass is 32.1. The van der Waals surface area contributed by atoms with Crippen molar-refractivity contribution in [1.82, 2.24) is 9.88 Å². The van der Waals surface area contributed by atoms with Gasteiger partial charge in [-0.05, 0) is 63.3 Å². The van der Waals surface area contributed by atoms with Gasteiger partial charge in [-0.25, -0.2) is 4.39 Å². The van der Waals surface area contributed by atoms with Crippen molar-refractivity contribution in [1.29, 1.82) is 0 Å². The Balaban J connectivity index is 1.27. The molecule has 1 saturated carbocycles. The summed E-state index contributed by atoms with van der Waals surface area (Å²) in [5, 5.41) is 0. The van der Waals surface area contributed by atoms with Crippen LogP contribution in [-0.2, 0) is 20.7 Å². The molecule has 3 aromatic rings. The summed E-state index contributed by atoms with van der Waals surface area (Å²) >= 11 is 1.23. The number of carbonyl (C=O) groups is 3. The third-order valence-corrected chi connectivity index (χ3v) is 7.86. The second-order valence-corrected chi connectivity index (χ2v) is 12.2. The highest BCUT2D eigenvalue weighted by Crippen LogP contribution is 2.37. The number of aromatic nitrogens is 1. The van der Waals surface area contributed by atoms with Crippen molar-refractivity contribution >= 4 is 39.2 Å². The summed E-state index contributed by atoms with van der Waals surface area (Å²) in [7, 11) is 0. The zero-order valence-electron chi connectivity index (χ0n) is 21.8. The summed E-state index contributed by atoms with van der Waals surface area (Å²) in [6.45, 7) is 6.23. The van der Waals surface area contributed by atoms with Crippen LogP contribution in [0.25, 0.3) is 10.2 Å². The number of ether oxygens (including phenoxy) is 2. The van der Waals surface area contributed by atoms with Gasteiger partial charge in [-0.1, -0.05) is 6.07 Å². The number of esters is 1. The molecule has 1 amide bonds. The van der Waals surface area contributed by atoms with Crippen LogP contribution in [0, 0.1) is 17.2 Å². The van der Waals surface area contributed by atoms with Gasteiger partial charge in [-0.3, -0.25) is 19.4 Å². The molecule has 1 aliphatic heterocycles. The molecule has 2 fully saturated rings. The minimum absolute atomic E-state index is 0.0419. The molecule has 0 spiro atoms. The van der Waals surface area contributed by atoms with Gasteiger partial charge in [0.15, 0.2) is 11.6 Å². The summed E-state index contributed by atoms with van der Waals surface area (Å²) in [4.78, 5) is 44.1. The van der Waals surface area contributed by atoms with E-state index in [1.54, 1.807) is 50.1 Å². The number of likely N-dealkylation sites (tertiary alicyclic amines) is 1. The first kappa shape index (κ1) is 26.3. The fourth-order valence-corrected chi connectivity index (χ4v) is 5.43. The fraction of sp³-hybridized carbons (Fsp3) is 0.448. The number of rotatable bonds is 8. The predicted molar refractivity (Wildman–Crippen MR) is 142 cm³/mol. The van der Waals surface area contributed by atoms with E-state index in [2.05, 4.69) is 4.98 Å². The molecule has 1 saturated heterocycles. The first-order valence-electron chi connectivity index (χ1n) is 12.9. The average Bonchev–Trinajstić information content (AvgIpc) is 3.36. The maximum Gasteiger partial charge on any atom is 0.311 e. The topological polar surface area (TPSA) is 85.8 Å². The molecule has 3 heterocycles. The molecule has 5 rings (SSSR count). The summed E-state index contributed by atoms with van der Waals surface area (Å²) in [5.41, 5.74) is 0.605. The van der Waals surface area contributed by atoms with Crippen LogP contribution in [0.4, 0.5) is 4.39 Å². The van der Waals surface area contributed by atoms with Gasteiger partial charge in [0, 0.05) is 38.1 Å². The minimum atomic E-state index is -0.599. The molecule has 9 heteroatoms. The van der Waals surface area contributed by atoms with E-state index in [4.69, 9.17) is 9.47 Å². The molecular formula is C29H31FN2O5S. The van der Waals surface area contributed by atoms with Crippen molar-refractivity contribution in [2.45, 2.75) is 59.0 Å². The maximum absolute atomic E-state index is 14.9. The van der Waals surface area contributed by atoms with Crippen LogP contribution in [0.1, 0.15) is 61.7 Å². The molecule has 0 N–H and O–H groups in total. The second-order valence-electron chi connectivity index (χ2n) is 11.2. The molecule has 0 radical (unpaired) electrons. The van der Waals surface area contributed by atoms with E-state index in [1.807, 2.05) is 0 Å². The number of halogens is 1. The molecule has 7 nitrogen and oxygen atoms in total. The SMILES string of the molecule is CC(C)(C)C(=O)O[C@H]1CCN(C(=O)c2cc3nccc(Oc4ccc(CC(=O)CC5CC5)cc4F)c3s2)C1. The number of Topliss-reactive ketones (excluding diaryl/α,β-unsaturated/α-hetero) is 1. The number of thiophene rings is 1. The van der Waals surface area contributed by atoms with Crippen LogP contribution in [0.15, 0.2) is 36.5 Å². The Morgan fingerprint density at radius 3 is 2.61 bits per heavy atom. The van der Waals surface area contributed by atoms with Gasteiger partial charge in [0.2, 0.25) is 0 Å². The van der Waals surface area contributed by atoms with Gasteiger partial charge in [-0.15, -0.1) is 11.3 Å². The number of benzene rings is 1. The van der Waals surface area contributed by atoms with Gasteiger partial charge in [0.25, 0.3) is 5.91 Å². The lowest BCUT2D eigenvalue weighted by atomic mass is 9.97. The van der Waals surface area contributed by atoms with E-state index in [1.165, 1.54) is 23.5 Å². The van der Waals surface area contributed by atoms with Gasteiger partial charge >= 0.3 is 5.97 Å². The van der Waals surface area contributed by atoms with E-state index in [-0.39, 0.29) is 35.9 Å². The van der Waals surface area contributed by atoms with Crippen LogP contribution in [-0.4, -0.2) is 46.7 Å². The molecule has 1 atom stereocenters. The summed E-state index contributed by atoms with van der Waals surface area (Å²) in [6, 6.07) is 7.93. The predicted octanol–water partition coefficient (Wildman–Crippen LogP) is 5.94. The summed E-state index contributed by atoms with van der Waals surface area (Å²) in [5.74, 6) is 0.0735. The quantitative estimate of drug-likeness (QED) is 0.330. The lowest BCUT2D eigenvalue weighted by molar-refractivity contribution is -0.157. The third-order valence-electron chi connectivity index (χ3n) is 6.74. The van der Waals surface area contributed by atoms with Crippen molar-refractivity contribution in [2.75, 3.05) is 13.1 Å². The molecule has 200 valence electrons. The first-order valence-corrected chi connectivity index (χ1v) is 13.8. The Morgan fingerprint density at radius 1 is 1.11 bits per heavy atom.